The van der Waals surface area contributed by atoms with Gasteiger partial charge < -0.3 is 15.1 Å². The molecule has 1 aromatic carbocycles. The molecule has 3 N–H and O–H groups in total. The average molecular weight is 200 g/mol. The second kappa shape index (κ2) is 2.63. The summed E-state index contributed by atoms with van der Waals surface area (Å²) in [5.41, 5.74) is 1.00. The van der Waals surface area contributed by atoms with E-state index in [1.165, 1.54) is 6.07 Å². The number of benzene rings is 1. The summed E-state index contributed by atoms with van der Waals surface area (Å²) in [5, 5.41) is 11.3. The number of aromatic nitrogens is 2. The van der Waals surface area contributed by atoms with E-state index in [1.807, 2.05) is 12.1 Å². The lowest BCUT2D eigenvalue weighted by molar-refractivity contribution is 0.475. The number of nitrogens with one attached hydrogen (secondary N) is 2. The third-order valence-corrected chi connectivity index (χ3v) is 2.54. The van der Waals surface area contributed by atoms with Crippen LogP contribution in [-0.4, -0.2) is 15.1 Å². The summed E-state index contributed by atoms with van der Waals surface area (Å²) in [6.45, 7) is 0. The van der Waals surface area contributed by atoms with E-state index in [9.17, 15) is 9.90 Å². The number of hydrogen-bond acceptors (Lipinski definition) is 2. The first-order valence-electron chi connectivity index (χ1n) is 4.58. The Morgan fingerprint density at radius 3 is 2.80 bits per heavy atom. The van der Waals surface area contributed by atoms with Gasteiger partial charge in [0.25, 0.3) is 0 Å². The highest BCUT2D eigenvalue weighted by Crippen LogP contribution is 2.26. The van der Waals surface area contributed by atoms with E-state index in [4.69, 9.17) is 0 Å². The number of aromatic amines is 2. The predicted molar refractivity (Wildman–Crippen MR) is 58.1 cm³/mol. The molecule has 0 spiro atoms. The van der Waals surface area contributed by atoms with Gasteiger partial charge in [-0.25, -0.2) is 0 Å². The smallest absolute Gasteiger partial charge is 0.222 e. The van der Waals surface area contributed by atoms with Crippen molar-refractivity contribution in [1.82, 2.24) is 9.97 Å². The number of H-pyrrole nitrogens is 2. The molecule has 3 rings (SSSR count). The zero-order valence-corrected chi connectivity index (χ0v) is 7.74. The van der Waals surface area contributed by atoms with Crippen LogP contribution in [0.1, 0.15) is 0 Å². The molecule has 2 aromatic heterocycles. The minimum atomic E-state index is -0.363. The van der Waals surface area contributed by atoms with Gasteiger partial charge in [0, 0.05) is 23.3 Å². The lowest BCUT2D eigenvalue weighted by atomic mass is 10.1. The van der Waals surface area contributed by atoms with Crippen molar-refractivity contribution in [2.45, 2.75) is 0 Å². The zero-order chi connectivity index (χ0) is 10.4. The van der Waals surface area contributed by atoms with E-state index < -0.39 is 0 Å². The molecule has 0 fully saturated rings. The van der Waals surface area contributed by atoms with E-state index in [0.29, 0.717) is 5.52 Å². The van der Waals surface area contributed by atoms with Gasteiger partial charge in [0.1, 0.15) is 0 Å². The minimum absolute atomic E-state index is 0.229. The topological polar surface area (TPSA) is 68.9 Å². The Morgan fingerprint density at radius 2 is 1.93 bits per heavy atom. The van der Waals surface area contributed by atoms with Crippen LogP contribution in [0, 0.1) is 0 Å². The summed E-state index contributed by atoms with van der Waals surface area (Å²) in [4.78, 5) is 17.4. The third-order valence-electron chi connectivity index (χ3n) is 2.54. The standard InChI is InChI=1S/C11H8N2O2/c14-8-5-6-1-3-12-7-2-4-13-10(9(6)7)11(8)15/h1-5,12-13,15H. The van der Waals surface area contributed by atoms with E-state index in [-0.39, 0.29) is 11.2 Å². The molecule has 15 heavy (non-hydrogen) atoms. The van der Waals surface area contributed by atoms with Crippen molar-refractivity contribution < 1.29 is 5.11 Å². The van der Waals surface area contributed by atoms with E-state index >= 15 is 0 Å². The molecular formula is C11H8N2O2. The molecule has 0 aliphatic heterocycles. The second-order valence-electron chi connectivity index (χ2n) is 3.43. The summed E-state index contributed by atoms with van der Waals surface area (Å²) in [5.74, 6) is -0.229. The SMILES string of the molecule is O=c1cc2cc[nH]c3cc[nH]c(c1O)c23. The largest absolute Gasteiger partial charge is 0.503 e. The van der Waals surface area contributed by atoms with Gasteiger partial charge in [-0.2, -0.15) is 0 Å². The van der Waals surface area contributed by atoms with Gasteiger partial charge in [-0.1, -0.05) is 0 Å². The fraction of sp³-hybridized carbons (Fsp3) is 0. The molecule has 0 aliphatic carbocycles. The number of aromatic hydroxyl groups is 1. The molecule has 0 amide bonds. The number of phenolic OH excluding ortho intramolecular Hbond substituents is 1. The van der Waals surface area contributed by atoms with Crippen LogP contribution >= 0.6 is 0 Å². The van der Waals surface area contributed by atoms with Gasteiger partial charge in [-0.05, 0) is 23.6 Å². The van der Waals surface area contributed by atoms with Gasteiger partial charge in [-0.15, -0.1) is 0 Å². The van der Waals surface area contributed by atoms with Crippen molar-refractivity contribution in [2.75, 3.05) is 0 Å². The highest BCUT2D eigenvalue weighted by atomic mass is 16.3. The lowest BCUT2D eigenvalue weighted by Gasteiger charge is -2.05. The molecule has 0 atom stereocenters. The molecule has 4 heteroatoms. The second-order valence-corrected chi connectivity index (χ2v) is 3.43. The van der Waals surface area contributed by atoms with Crippen LogP contribution < -0.4 is 5.43 Å². The first-order valence-corrected chi connectivity index (χ1v) is 4.58. The van der Waals surface area contributed by atoms with E-state index in [0.717, 1.165) is 16.3 Å². The monoisotopic (exact) mass is 200 g/mol. The Labute approximate surface area is 84.2 Å². The molecule has 0 saturated heterocycles. The summed E-state index contributed by atoms with van der Waals surface area (Å²) in [7, 11) is 0. The van der Waals surface area contributed by atoms with Crippen LogP contribution in [0.3, 0.4) is 0 Å². The average Bonchev–Trinajstić information content (AvgIpc) is 2.26. The molecule has 0 radical (unpaired) electrons. The number of rotatable bonds is 0. The maximum absolute atomic E-state index is 11.4. The van der Waals surface area contributed by atoms with E-state index in [2.05, 4.69) is 9.97 Å². The predicted octanol–water partition coefficient (Wildman–Crippen LogP) is 1.71. The first kappa shape index (κ1) is 8.11. The molecule has 4 nitrogen and oxygen atoms in total. The van der Waals surface area contributed by atoms with E-state index in [1.54, 1.807) is 12.4 Å². The normalized spacial score (nSPS) is 11.2. The summed E-state index contributed by atoms with van der Waals surface area (Å²) in [6.07, 6.45) is 3.46. The van der Waals surface area contributed by atoms with Gasteiger partial charge in [0.15, 0.2) is 5.75 Å². The molecule has 0 saturated carbocycles. The van der Waals surface area contributed by atoms with Crippen molar-refractivity contribution in [2.24, 2.45) is 0 Å². The molecule has 0 bridgehead atoms. The van der Waals surface area contributed by atoms with Crippen LogP contribution in [0.25, 0.3) is 21.8 Å². The Bertz CT molecular complexity index is 704. The maximum Gasteiger partial charge on any atom is 0.222 e. The van der Waals surface area contributed by atoms with Crippen molar-refractivity contribution in [3.05, 3.63) is 40.8 Å². The summed E-state index contributed by atoms with van der Waals surface area (Å²) >= 11 is 0. The van der Waals surface area contributed by atoms with Crippen molar-refractivity contribution >= 4 is 21.8 Å². The molecule has 74 valence electrons. The molecular weight excluding hydrogens is 192 g/mol. The molecule has 0 aliphatic rings. The van der Waals surface area contributed by atoms with Crippen LogP contribution in [0.15, 0.2) is 35.4 Å². The van der Waals surface area contributed by atoms with Gasteiger partial charge in [0.05, 0.1) is 5.52 Å². The zero-order valence-electron chi connectivity index (χ0n) is 7.74. The summed E-state index contributed by atoms with van der Waals surface area (Å²) < 4.78 is 0. The minimum Gasteiger partial charge on any atom is -0.503 e. The Balaban J connectivity index is 2.77. The van der Waals surface area contributed by atoms with Crippen LogP contribution in [0.4, 0.5) is 0 Å². The Hall–Kier alpha value is -2.23. The fourth-order valence-corrected chi connectivity index (χ4v) is 1.86. The molecule has 2 heterocycles. The number of hydrogen-bond donors (Lipinski definition) is 3. The Kier molecular flexibility index (Phi) is 1.42. The lowest BCUT2D eigenvalue weighted by Crippen LogP contribution is -2.00. The van der Waals surface area contributed by atoms with Crippen LogP contribution in [0.2, 0.25) is 0 Å². The highest BCUT2D eigenvalue weighted by Gasteiger charge is 2.09. The van der Waals surface area contributed by atoms with Gasteiger partial charge in [-0.3, -0.25) is 4.79 Å². The number of phenols is 1. The van der Waals surface area contributed by atoms with Crippen molar-refractivity contribution in [3.63, 3.8) is 0 Å². The fourth-order valence-electron chi connectivity index (χ4n) is 1.86. The molecule has 3 aromatic rings. The van der Waals surface area contributed by atoms with Crippen molar-refractivity contribution in [1.29, 1.82) is 0 Å². The van der Waals surface area contributed by atoms with Gasteiger partial charge >= 0.3 is 0 Å². The quantitative estimate of drug-likeness (QED) is 0.517. The van der Waals surface area contributed by atoms with Crippen LogP contribution in [-0.2, 0) is 0 Å². The van der Waals surface area contributed by atoms with Crippen molar-refractivity contribution in [3.8, 4) is 5.75 Å². The highest BCUT2D eigenvalue weighted by molar-refractivity contribution is 6.08. The maximum atomic E-state index is 11.4. The summed E-state index contributed by atoms with van der Waals surface area (Å²) in [6, 6.07) is 5.11. The van der Waals surface area contributed by atoms with Gasteiger partial charge in [0.2, 0.25) is 5.43 Å². The first-order chi connectivity index (χ1) is 7.27. The Morgan fingerprint density at radius 1 is 1.13 bits per heavy atom. The van der Waals surface area contributed by atoms with Crippen LogP contribution in [0.5, 0.6) is 5.75 Å². The number of pyridine rings is 2. The molecule has 0 unspecified atom stereocenters. The third kappa shape index (κ3) is 0.985.